The molecule has 0 aliphatic carbocycles. The largest absolute Gasteiger partial charge is 0.436 e. The molecule has 1 aromatic heterocycles. The Labute approximate surface area is 118 Å². The van der Waals surface area contributed by atoms with Crippen LogP contribution in [0.3, 0.4) is 0 Å². The lowest BCUT2D eigenvalue weighted by Gasteiger charge is -2.07. The third kappa shape index (κ3) is 3.41. The zero-order valence-electron chi connectivity index (χ0n) is 9.65. The second-order valence-corrected chi connectivity index (χ2v) is 4.88. The van der Waals surface area contributed by atoms with Gasteiger partial charge in [-0.25, -0.2) is 4.98 Å². The molecule has 1 N–H and O–H groups in total. The molecule has 18 heavy (non-hydrogen) atoms. The van der Waals surface area contributed by atoms with E-state index in [2.05, 4.69) is 31.2 Å². The summed E-state index contributed by atoms with van der Waals surface area (Å²) in [5, 5.41) is 3.53. The molecule has 0 fully saturated rings. The van der Waals surface area contributed by atoms with E-state index in [-0.39, 0.29) is 0 Å². The lowest BCUT2D eigenvalue weighted by Crippen LogP contribution is -2.07. The minimum absolute atomic E-state index is 0.412. The van der Waals surface area contributed by atoms with Crippen LogP contribution in [0.25, 0.3) is 0 Å². The van der Waals surface area contributed by atoms with Gasteiger partial charge < -0.3 is 10.1 Å². The maximum atomic E-state index is 6.02. The Morgan fingerprint density at radius 1 is 1.33 bits per heavy atom. The van der Waals surface area contributed by atoms with Crippen LogP contribution >= 0.6 is 27.5 Å². The summed E-state index contributed by atoms with van der Waals surface area (Å²) in [4.78, 5) is 8.38. The zero-order chi connectivity index (χ0) is 13.0. The summed E-state index contributed by atoms with van der Waals surface area (Å²) in [6.07, 6.45) is 3.24. The Balaban J connectivity index is 2.15. The number of ether oxygens (including phenoxy) is 1. The fraction of sp³-hybridized carbons (Fsp3) is 0.167. The van der Waals surface area contributed by atoms with E-state index in [1.165, 1.54) is 0 Å². The van der Waals surface area contributed by atoms with E-state index in [9.17, 15) is 0 Å². The average molecular weight is 329 g/mol. The minimum atomic E-state index is 0.412. The van der Waals surface area contributed by atoms with Crippen LogP contribution in [0.15, 0.2) is 35.1 Å². The third-order valence-corrected chi connectivity index (χ3v) is 2.95. The van der Waals surface area contributed by atoms with Crippen molar-refractivity contribution in [1.82, 2.24) is 15.3 Å². The Hall–Kier alpha value is -1.17. The second-order valence-electron chi connectivity index (χ2n) is 3.55. The van der Waals surface area contributed by atoms with Crippen molar-refractivity contribution in [2.24, 2.45) is 0 Å². The van der Waals surface area contributed by atoms with Gasteiger partial charge >= 0.3 is 0 Å². The van der Waals surface area contributed by atoms with E-state index in [1.54, 1.807) is 24.5 Å². The van der Waals surface area contributed by atoms with Crippen molar-refractivity contribution in [3.8, 4) is 11.6 Å². The molecule has 2 rings (SSSR count). The molecule has 0 bridgehead atoms. The van der Waals surface area contributed by atoms with Gasteiger partial charge in [-0.1, -0.05) is 27.5 Å². The molecule has 94 valence electrons. The van der Waals surface area contributed by atoms with Crippen LogP contribution in [0, 0.1) is 0 Å². The number of rotatable bonds is 4. The van der Waals surface area contributed by atoms with Crippen molar-refractivity contribution in [2.75, 3.05) is 7.05 Å². The Morgan fingerprint density at radius 3 is 2.83 bits per heavy atom. The molecule has 0 aliphatic heterocycles. The molecule has 0 aliphatic rings. The van der Waals surface area contributed by atoms with Gasteiger partial charge in [0.25, 0.3) is 0 Å². The smallest absolute Gasteiger partial charge is 0.237 e. The molecule has 0 spiro atoms. The fourth-order valence-electron chi connectivity index (χ4n) is 1.34. The van der Waals surface area contributed by atoms with Crippen molar-refractivity contribution in [1.29, 1.82) is 0 Å². The van der Waals surface area contributed by atoms with Crippen LogP contribution < -0.4 is 10.1 Å². The highest BCUT2D eigenvalue weighted by Crippen LogP contribution is 2.30. The lowest BCUT2D eigenvalue weighted by atomic mass is 10.3. The fourth-order valence-corrected chi connectivity index (χ4v) is 1.83. The van der Waals surface area contributed by atoms with Crippen LogP contribution in [0.1, 0.15) is 5.69 Å². The molecule has 0 amide bonds. The first-order valence-corrected chi connectivity index (χ1v) is 6.44. The summed E-state index contributed by atoms with van der Waals surface area (Å²) >= 11 is 9.38. The second kappa shape index (κ2) is 6.13. The van der Waals surface area contributed by atoms with E-state index in [0.717, 1.165) is 10.2 Å². The van der Waals surface area contributed by atoms with Crippen molar-refractivity contribution in [3.63, 3.8) is 0 Å². The van der Waals surface area contributed by atoms with E-state index < -0.39 is 0 Å². The van der Waals surface area contributed by atoms with E-state index in [0.29, 0.717) is 23.2 Å². The summed E-state index contributed by atoms with van der Waals surface area (Å²) < 4.78 is 6.46. The third-order valence-electron chi connectivity index (χ3n) is 2.15. The Morgan fingerprint density at radius 2 is 2.17 bits per heavy atom. The molecule has 0 unspecified atom stereocenters. The van der Waals surface area contributed by atoms with E-state index >= 15 is 0 Å². The molecule has 6 heteroatoms. The van der Waals surface area contributed by atoms with E-state index in [1.807, 2.05) is 13.1 Å². The van der Waals surface area contributed by atoms with Gasteiger partial charge in [-0.15, -0.1) is 0 Å². The highest BCUT2D eigenvalue weighted by molar-refractivity contribution is 9.10. The van der Waals surface area contributed by atoms with Gasteiger partial charge in [-0.05, 0) is 25.2 Å². The molecule has 0 radical (unpaired) electrons. The number of aromatic nitrogens is 2. The number of hydrogen-bond donors (Lipinski definition) is 1. The van der Waals surface area contributed by atoms with Gasteiger partial charge in [0.05, 0.1) is 23.1 Å². The number of halogens is 2. The van der Waals surface area contributed by atoms with Crippen molar-refractivity contribution < 1.29 is 4.74 Å². The molecular formula is C12H11BrClN3O. The summed E-state index contributed by atoms with van der Waals surface area (Å²) in [7, 11) is 1.85. The van der Waals surface area contributed by atoms with Gasteiger partial charge in [-0.2, -0.15) is 0 Å². The van der Waals surface area contributed by atoms with Crippen LogP contribution in [0.2, 0.25) is 5.02 Å². The average Bonchev–Trinajstić information content (AvgIpc) is 2.37. The maximum absolute atomic E-state index is 6.02. The highest BCUT2D eigenvalue weighted by Gasteiger charge is 2.05. The minimum Gasteiger partial charge on any atom is -0.436 e. The first-order valence-electron chi connectivity index (χ1n) is 5.27. The predicted molar refractivity (Wildman–Crippen MR) is 74.0 cm³/mol. The number of nitrogens with zero attached hydrogens (tertiary/aromatic N) is 2. The first-order chi connectivity index (χ1) is 8.69. The molecule has 0 atom stereocenters. The van der Waals surface area contributed by atoms with Crippen LogP contribution in [-0.4, -0.2) is 17.0 Å². The molecule has 1 heterocycles. The number of hydrogen-bond acceptors (Lipinski definition) is 4. The van der Waals surface area contributed by atoms with Crippen molar-refractivity contribution in [2.45, 2.75) is 6.54 Å². The molecule has 1 aromatic carbocycles. The van der Waals surface area contributed by atoms with E-state index in [4.69, 9.17) is 16.3 Å². The molecular weight excluding hydrogens is 318 g/mol. The van der Waals surface area contributed by atoms with Crippen LogP contribution in [-0.2, 0) is 6.54 Å². The summed E-state index contributed by atoms with van der Waals surface area (Å²) in [5.41, 5.74) is 0.852. The Kier molecular flexibility index (Phi) is 4.52. The predicted octanol–water partition coefficient (Wildman–Crippen LogP) is 3.40. The SMILES string of the molecule is CNCc1cnc(Oc2cc(Br)ccc2Cl)cn1. The monoisotopic (exact) mass is 327 g/mol. The quantitative estimate of drug-likeness (QED) is 0.934. The van der Waals surface area contributed by atoms with Gasteiger partial charge in [0, 0.05) is 11.0 Å². The lowest BCUT2D eigenvalue weighted by molar-refractivity contribution is 0.459. The van der Waals surface area contributed by atoms with Gasteiger partial charge in [0.2, 0.25) is 5.88 Å². The number of benzene rings is 1. The standard InChI is InChI=1S/C12H11BrClN3O/c1-15-5-9-6-17-12(7-16-9)18-11-4-8(13)2-3-10(11)14/h2-4,6-7,15H,5H2,1H3. The molecule has 0 saturated carbocycles. The summed E-state index contributed by atoms with van der Waals surface area (Å²) in [5.74, 6) is 0.955. The molecule has 4 nitrogen and oxygen atoms in total. The maximum Gasteiger partial charge on any atom is 0.237 e. The summed E-state index contributed by atoms with van der Waals surface area (Å²) in [6.45, 7) is 0.672. The van der Waals surface area contributed by atoms with Crippen LogP contribution in [0.5, 0.6) is 11.6 Å². The molecule has 2 aromatic rings. The topological polar surface area (TPSA) is 47.0 Å². The Bertz CT molecular complexity index is 533. The van der Waals surface area contributed by atoms with Gasteiger partial charge in [0.1, 0.15) is 5.75 Å². The van der Waals surface area contributed by atoms with Crippen molar-refractivity contribution >= 4 is 27.5 Å². The van der Waals surface area contributed by atoms with Gasteiger partial charge in [-0.3, -0.25) is 4.98 Å². The molecule has 0 saturated heterocycles. The van der Waals surface area contributed by atoms with Crippen LogP contribution in [0.4, 0.5) is 0 Å². The van der Waals surface area contributed by atoms with Crippen molar-refractivity contribution in [3.05, 3.63) is 45.8 Å². The highest BCUT2D eigenvalue weighted by atomic mass is 79.9. The normalized spacial score (nSPS) is 10.4. The first kappa shape index (κ1) is 13.3. The zero-order valence-corrected chi connectivity index (χ0v) is 12.0. The summed E-state index contributed by atoms with van der Waals surface area (Å²) in [6, 6.07) is 5.38. The van der Waals surface area contributed by atoms with Gasteiger partial charge in [0.15, 0.2) is 0 Å². The number of nitrogens with one attached hydrogen (secondary N) is 1.